The fourth-order valence-electron chi connectivity index (χ4n) is 1.57. The number of carboxylic acid groups (broad SMARTS) is 1. The van der Waals surface area contributed by atoms with Gasteiger partial charge in [-0.1, -0.05) is 30.3 Å². The Balaban J connectivity index is 0.00000484. The number of hydrogen-bond donors (Lipinski definition) is 1. The van der Waals surface area contributed by atoms with E-state index in [0.717, 1.165) is 5.56 Å². The van der Waals surface area contributed by atoms with Crippen molar-refractivity contribution in [2.75, 3.05) is 19.8 Å². The third-order valence-corrected chi connectivity index (χ3v) is 2.64. The molecule has 0 unspecified atom stereocenters. The van der Waals surface area contributed by atoms with Gasteiger partial charge in [0, 0.05) is 12.5 Å². The number of aliphatic carboxylic acids is 1. The van der Waals surface area contributed by atoms with E-state index in [1.807, 2.05) is 30.3 Å². The summed E-state index contributed by atoms with van der Waals surface area (Å²) in [6.45, 7) is 0.237. The topological polar surface area (TPSA) is 105 Å². The van der Waals surface area contributed by atoms with E-state index in [0.29, 0.717) is 13.0 Å². The number of esters is 1. The second-order valence-corrected chi connectivity index (χ2v) is 4.39. The molecule has 0 aliphatic rings. The Kier molecular flexibility index (Phi) is 12.0. The molecule has 1 amide bonds. The zero-order chi connectivity index (χ0) is 16.2. The first-order valence-electron chi connectivity index (χ1n) is 6.88. The van der Waals surface area contributed by atoms with Gasteiger partial charge in [-0.3, -0.25) is 4.79 Å². The van der Waals surface area contributed by atoms with Crippen LogP contribution in [0.1, 0.15) is 18.4 Å². The Morgan fingerprint density at radius 3 is 2.30 bits per heavy atom. The van der Waals surface area contributed by atoms with Crippen molar-refractivity contribution < 1.29 is 58.5 Å². The molecule has 1 aromatic carbocycles. The second-order valence-electron chi connectivity index (χ2n) is 4.39. The summed E-state index contributed by atoms with van der Waals surface area (Å²) in [4.78, 5) is 32.5. The summed E-state index contributed by atoms with van der Waals surface area (Å²) in [7, 11) is 0. The first kappa shape index (κ1) is 21.4. The number of carbonyl (C=O) groups excluding carboxylic acids is 3. The summed E-state index contributed by atoms with van der Waals surface area (Å²) in [6.07, 6.45) is -0.555. The van der Waals surface area contributed by atoms with Crippen LogP contribution in [-0.2, 0) is 25.5 Å². The fourth-order valence-corrected chi connectivity index (χ4v) is 1.57. The molecule has 0 saturated carbocycles. The summed E-state index contributed by atoms with van der Waals surface area (Å²) < 4.78 is 9.48. The molecule has 0 radical (unpaired) electrons. The zero-order valence-electron chi connectivity index (χ0n) is 13.1. The van der Waals surface area contributed by atoms with Crippen LogP contribution in [0.2, 0.25) is 0 Å². The average molecular weight is 331 g/mol. The monoisotopic (exact) mass is 331 g/mol. The van der Waals surface area contributed by atoms with Crippen LogP contribution in [0.25, 0.3) is 0 Å². The number of nitrogens with one attached hydrogen (secondary N) is 1. The molecule has 1 rings (SSSR count). The van der Waals surface area contributed by atoms with Gasteiger partial charge in [0.25, 0.3) is 0 Å². The van der Waals surface area contributed by atoms with Gasteiger partial charge < -0.3 is 24.7 Å². The number of amides is 1. The third kappa shape index (κ3) is 11.6. The number of carboxylic acids is 1. The van der Waals surface area contributed by atoms with Crippen LogP contribution in [-0.4, -0.2) is 37.8 Å². The van der Waals surface area contributed by atoms with E-state index in [-0.39, 0.29) is 55.6 Å². The quantitative estimate of drug-likeness (QED) is 0.294. The van der Waals surface area contributed by atoms with E-state index in [1.54, 1.807) is 0 Å². The van der Waals surface area contributed by atoms with Crippen molar-refractivity contribution in [3.8, 4) is 0 Å². The van der Waals surface area contributed by atoms with E-state index in [9.17, 15) is 19.5 Å². The normalized spacial score (nSPS) is 9.39. The van der Waals surface area contributed by atoms with Gasteiger partial charge in [0.15, 0.2) is 0 Å². The van der Waals surface area contributed by atoms with Crippen molar-refractivity contribution in [3.63, 3.8) is 0 Å². The second kappa shape index (κ2) is 12.9. The van der Waals surface area contributed by atoms with Gasteiger partial charge in [-0.25, -0.2) is 4.79 Å². The maximum absolute atomic E-state index is 11.3. The molecular weight excluding hydrogens is 313 g/mol. The van der Waals surface area contributed by atoms with E-state index in [2.05, 4.69) is 10.1 Å². The summed E-state index contributed by atoms with van der Waals surface area (Å²) >= 11 is 0. The molecule has 8 heteroatoms. The Morgan fingerprint density at radius 1 is 1.00 bits per heavy atom. The Bertz CT molecular complexity index is 494. The molecular formula is C15H18NNaO6. The minimum absolute atomic E-state index is 0. The van der Waals surface area contributed by atoms with Crippen LogP contribution >= 0.6 is 0 Å². The zero-order valence-corrected chi connectivity index (χ0v) is 15.1. The Morgan fingerprint density at radius 2 is 1.65 bits per heavy atom. The predicted molar refractivity (Wildman–Crippen MR) is 74.7 cm³/mol. The molecule has 0 bridgehead atoms. The number of rotatable bonds is 9. The van der Waals surface area contributed by atoms with Crippen LogP contribution in [0.15, 0.2) is 30.3 Å². The minimum Gasteiger partial charge on any atom is -0.550 e. The van der Waals surface area contributed by atoms with E-state index in [1.165, 1.54) is 0 Å². The van der Waals surface area contributed by atoms with Crippen molar-refractivity contribution in [2.45, 2.75) is 19.3 Å². The van der Waals surface area contributed by atoms with Gasteiger partial charge >= 0.3 is 41.6 Å². The molecule has 0 saturated heterocycles. The van der Waals surface area contributed by atoms with Gasteiger partial charge in [0.05, 0.1) is 6.42 Å². The van der Waals surface area contributed by atoms with Gasteiger partial charge in [-0.05, 0) is 18.4 Å². The van der Waals surface area contributed by atoms with E-state index in [4.69, 9.17) is 4.74 Å². The van der Waals surface area contributed by atoms with Crippen LogP contribution in [0.5, 0.6) is 0 Å². The fraction of sp³-hybridized carbons (Fsp3) is 0.400. The first-order valence-corrected chi connectivity index (χ1v) is 6.88. The first-order chi connectivity index (χ1) is 10.6. The van der Waals surface area contributed by atoms with Crippen LogP contribution in [0.4, 0.5) is 4.79 Å². The van der Waals surface area contributed by atoms with Crippen molar-refractivity contribution in [1.29, 1.82) is 0 Å². The van der Waals surface area contributed by atoms with E-state index >= 15 is 0 Å². The molecule has 0 heterocycles. The van der Waals surface area contributed by atoms with Crippen molar-refractivity contribution in [1.82, 2.24) is 5.32 Å². The molecule has 23 heavy (non-hydrogen) atoms. The molecule has 0 aliphatic carbocycles. The van der Waals surface area contributed by atoms with Crippen molar-refractivity contribution >= 4 is 18.0 Å². The summed E-state index contributed by atoms with van der Waals surface area (Å²) in [5.41, 5.74) is 1.10. The van der Waals surface area contributed by atoms with Gasteiger partial charge in [0.1, 0.15) is 13.2 Å². The molecule has 1 N–H and O–H groups in total. The smallest absolute Gasteiger partial charge is 0.550 e. The molecule has 0 atom stereocenters. The van der Waals surface area contributed by atoms with E-state index < -0.39 is 18.0 Å². The van der Waals surface area contributed by atoms with Gasteiger partial charge in [-0.2, -0.15) is 0 Å². The number of hydrogen-bond acceptors (Lipinski definition) is 6. The van der Waals surface area contributed by atoms with Crippen LogP contribution in [0.3, 0.4) is 0 Å². The largest absolute Gasteiger partial charge is 1.00 e. The van der Waals surface area contributed by atoms with Crippen molar-refractivity contribution in [3.05, 3.63) is 35.9 Å². The summed E-state index contributed by atoms with van der Waals surface area (Å²) in [6, 6.07) is 9.67. The molecule has 120 valence electrons. The molecule has 0 fully saturated rings. The number of benzene rings is 1. The minimum atomic E-state index is -1.31. The summed E-state index contributed by atoms with van der Waals surface area (Å²) in [5.74, 6) is -1.98. The molecule has 7 nitrogen and oxygen atoms in total. The summed E-state index contributed by atoms with van der Waals surface area (Å²) in [5, 5.41) is 12.7. The standard InChI is InChI=1S/C15H19NO6.Na/c17-13(18)6-7-14(19)21-10-11-22-15(20)16-9-8-12-4-2-1-3-5-12;/h1-5H,6-11H2,(H,16,20)(H,17,18);/q;+1/p-1. The van der Waals surface area contributed by atoms with Gasteiger partial charge in [0.2, 0.25) is 0 Å². The molecule has 1 aromatic rings. The number of carbonyl (C=O) groups is 3. The SMILES string of the molecule is O=C([O-])CCC(=O)OCCOC(=O)NCCc1ccccc1.[Na+]. The molecule has 0 spiro atoms. The molecule has 0 aromatic heterocycles. The maximum Gasteiger partial charge on any atom is 1.00 e. The maximum atomic E-state index is 11.3. The number of alkyl carbamates (subject to hydrolysis) is 1. The third-order valence-electron chi connectivity index (χ3n) is 2.64. The average Bonchev–Trinajstić information content (AvgIpc) is 2.50. The predicted octanol–water partition coefficient (Wildman–Crippen LogP) is -2.97. The van der Waals surface area contributed by atoms with Crippen LogP contribution < -0.4 is 40.0 Å². The Hall–Kier alpha value is -1.57. The van der Waals surface area contributed by atoms with Crippen molar-refractivity contribution in [2.24, 2.45) is 0 Å². The molecule has 0 aliphatic heterocycles. The van der Waals surface area contributed by atoms with Crippen LogP contribution in [0, 0.1) is 0 Å². The van der Waals surface area contributed by atoms with Gasteiger partial charge in [-0.15, -0.1) is 0 Å². The Labute approximate surface area is 156 Å². The number of ether oxygens (including phenoxy) is 2.